The van der Waals surface area contributed by atoms with Crippen molar-refractivity contribution in [3.63, 3.8) is 0 Å². The molecule has 1 aromatic heterocycles. The van der Waals surface area contributed by atoms with Gasteiger partial charge in [-0.15, -0.1) is 11.3 Å². The predicted octanol–water partition coefficient (Wildman–Crippen LogP) is 4.51. The van der Waals surface area contributed by atoms with Gasteiger partial charge in [-0.2, -0.15) is 0 Å². The van der Waals surface area contributed by atoms with E-state index in [0.29, 0.717) is 5.56 Å². The van der Waals surface area contributed by atoms with E-state index in [-0.39, 0.29) is 11.9 Å². The molecule has 1 unspecified atom stereocenters. The molecule has 0 radical (unpaired) electrons. The Labute approximate surface area is 118 Å². The molecular weight excluding hydrogens is 257 g/mol. The van der Waals surface area contributed by atoms with Crippen LogP contribution in [0.2, 0.25) is 0 Å². The molecular formula is C16H20FNS. The first-order chi connectivity index (χ1) is 9.02. The predicted molar refractivity (Wildman–Crippen MR) is 80.4 cm³/mol. The fraction of sp³-hybridized carbons (Fsp3) is 0.375. The zero-order valence-electron chi connectivity index (χ0n) is 11.9. The van der Waals surface area contributed by atoms with Crippen molar-refractivity contribution in [3.8, 4) is 0 Å². The van der Waals surface area contributed by atoms with Crippen LogP contribution in [0, 0.1) is 26.6 Å². The monoisotopic (exact) mass is 277 g/mol. The lowest BCUT2D eigenvalue weighted by Crippen LogP contribution is -2.21. The van der Waals surface area contributed by atoms with Gasteiger partial charge >= 0.3 is 0 Å². The van der Waals surface area contributed by atoms with Gasteiger partial charge in [0.05, 0.1) is 6.04 Å². The molecule has 1 heterocycles. The van der Waals surface area contributed by atoms with Crippen LogP contribution in [0.5, 0.6) is 0 Å². The number of rotatable bonds is 4. The fourth-order valence-electron chi connectivity index (χ4n) is 2.30. The van der Waals surface area contributed by atoms with Gasteiger partial charge in [-0.3, -0.25) is 0 Å². The molecule has 2 aromatic rings. The fourth-order valence-corrected chi connectivity index (χ4v) is 3.44. The Kier molecular flexibility index (Phi) is 4.38. The highest BCUT2D eigenvalue weighted by molar-refractivity contribution is 7.12. The maximum Gasteiger partial charge on any atom is 0.126 e. The lowest BCUT2D eigenvalue weighted by atomic mass is 10.0. The van der Waals surface area contributed by atoms with Gasteiger partial charge in [0.1, 0.15) is 5.82 Å². The first-order valence-electron chi connectivity index (χ1n) is 6.59. The van der Waals surface area contributed by atoms with Gasteiger partial charge in [0.15, 0.2) is 0 Å². The zero-order valence-corrected chi connectivity index (χ0v) is 12.7. The number of thiophene rings is 1. The van der Waals surface area contributed by atoms with E-state index in [1.165, 1.54) is 15.3 Å². The van der Waals surface area contributed by atoms with Gasteiger partial charge < -0.3 is 5.32 Å². The minimum absolute atomic E-state index is 0.0822. The number of hydrogen-bond acceptors (Lipinski definition) is 2. The van der Waals surface area contributed by atoms with Crippen LogP contribution < -0.4 is 5.32 Å². The Bertz CT molecular complexity index is 574. The number of nitrogens with one attached hydrogen (secondary N) is 1. The molecule has 0 saturated heterocycles. The summed E-state index contributed by atoms with van der Waals surface area (Å²) in [7, 11) is 0. The minimum Gasteiger partial charge on any atom is -0.306 e. The molecule has 19 heavy (non-hydrogen) atoms. The van der Waals surface area contributed by atoms with Crippen LogP contribution in [0.4, 0.5) is 4.39 Å². The highest BCUT2D eigenvalue weighted by Crippen LogP contribution is 2.32. The second-order valence-electron chi connectivity index (χ2n) is 4.90. The molecule has 102 valence electrons. The summed E-state index contributed by atoms with van der Waals surface area (Å²) in [5.74, 6) is -0.133. The number of aryl methyl sites for hydroxylation is 3. The Balaban J connectivity index is 2.44. The summed E-state index contributed by atoms with van der Waals surface area (Å²) in [6, 6.07) is 7.79. The van der Waals surface area contributed by atoms with Crippen molar-refractivity contribution < 1.29 is 4.39 Å². The average molecular weight is 277 g/mol. The lowest BCUT2D eigenvalue weighted by Gasteiger charge is -2.18. The van der Waals surface area contributed by atoms with Crippen LogP contribution >= 0.6 is 11.3 Å². The van der Waals surface area contributed by atoms with Crippen molar-refractivity contribution in [1.29, 1.82) is 0 Å². The quantitative estimate of drug-likeness (QED) is 0.867. The van der Waals surface area contributed by atoms with Crippen LogP contribution in [0.15, 0.2) is 24.3 Å². The van der Waals surface area contributed by atoms with Crippen molar-refractivity contribution in [2.45, 2.75) is 33.7 Å². The summed E-state index contributed by atoms with van der Waals surface area (Å²) in [5, 5.41) is 3.46. The summed E-state index contributed by atoms with van der Waals surface area (Å²) in [4.78, 5) is 2.57. The van der Waals surface area contributed by atoms with Crippen molar-refractivity contribution in [2.24, 2.45) is 0 Å². The zero-order chi connectivity index (χ0) is 14.0. The van der Waals surface area contributed by atoms with Gasteiger partial charge in [-0.1, -0.05) is 19.1 Å². The van der Waals surface area contributed by atoms with E-state index in [0.717, 1.165) is 12.1 Å². The normalized spacial score (nSPS) is 12.7. The minimum atomic E-state index is -0.133. The summed E-state index contributed by atoms with van der Waals surface area (Å²) in [6.45, 7) is 8.96. The molecule has 0 amide bonds. The molecule has 2 rings (SSSR count). The summed E-state index contributed by atoms with van der Waals surface area (Å²) < 4.78 is 13.8. The maximum absolute atomic E-state index is 13.8. The Hall–Kier alpha value is -1.19. The standard InChI is InChI=1S/C16H20FNS/c1-5-18-15(16-11(3)8-12(4)19-16)13-7-6-10(2)14(17)9-13/h6-9,15,18H,5H2,1-4H3. The van der Waals surface area contributed by atoms with Gasteiger partial charge in [-0.25, -0.2) is 4.39 Å². The van der Waals surface area contributed by atoms with Gasteiger partial charge in [-0.05, 0) is 56.1 Å². The molecule has 0 spiro atoms. The topological polar surface area (TPSA) is 12.0 Å². The Morgan fingerprint density at radius 2 is 1.89 bits per heavy atom. The number of hydrogen-bond donors (Lipinski definition) is 1. The smallest absolute Gasteiger partial charge is 0.126 e. The van der Waals surface area contributed by atoms with Crippen LogP contribution in [0.3, 0.4) is 0 Å². The third-order valence-corrected chi connectivity index (χ3v) is 4.50. The molecule has 0 bridgehead atoms. The second-order valence-corrected chi connectivity index (χ2v) is 6.19. The van der Waals surface area contributed by atoms with E-state index >= 15 is 0 Å². The van der Waals surface area contributed by atoms with E-state index in [2.05, 4.69) is 32.2 Å². The lowest BCUT2D eigenvalue weighted by molar-refractivity contribution is 0.599. The summed E-state index contributed by atoms with van der Waals surface area (Å²) >= 11 is 1.78. The summed E-state index contributed by atoms with van der Waals surface area (Å²) in [5.41, 5.74) is 2.96. The Morgan fingerprint density at radius 1 is 1.16 bits per heavy atom. The van der Waals surface area contributed by atoms with Crippen LogP contribution in [0.1, 0.15) is 39.4 Å². The van der Waals surface area contributed by atoms with E-state index in [4.69, 9.17) is 0 Å². The van der Waals surface area contributed by atoms with Crippen molar-refractivity contribution in [3.05, 3.63) is 56.5 Å². The van der Waals surface area contributed by atoms with Gasteiger partial charge in [0.25, 0.3) is 0 Å². The van der Waals surface area contributed by atoms with Crippen LogP contribution in [-0.4, -0.2) is 6.54 Å². The molecule has 1 aromatic carbocycles. The SMILES string of the molecule is CCNC(c1ccc(C)c(F)c1)c1sc(C)cc1C. The molecule has 0 aliphatic heterocycles. The first kappa shape index (κ1) is 14.2. The van der Waals surface area contributed by atoms with Crippen LogP contribution in [0.25, 0.3) is 0 Å². The molecule has 1 nitrogen and oxygen atoms in total. The third kappa shape index (κ3) is 3.04. The van der Waals surface area contributed by atoms with E-state index in [1.807, 2.05) is 12.1 Å². The number of halogens is 1. The van der Waals surface area contributed by atoms with Crippen LogP contribution in [-0.2, 0) is 0 Å². The van der Waals surface area contributed by atoms with E-state index in [1.54, 1.807) is 24.3 Å². The highest BCUT2D eigenvalue weighted by atomic mass is 32.1. The van der Waals surface area contributed by atoms with Gasteiger partial charge in [0, 0.05) is 9.75 Å². The molecule has 3 heteroatoms. The molecule has 0 aliphatic rings. The molecule has 0 fully saturated rings. The first-order valence-corrected chi connectivity index (χ1v) is 7.41. The highest BCUT2D eigenvalue weighted by Gasteiger charge is 2.18. The molecule has 1 atom stereocenters. The van der Waals surface area contributed by atoms with Gasteiger partial charge in [0.2, 0.25) is 0 Å². The Morgan fingerprint density at radius 3 is 2.42 bits per heavy atom. The van der Waals surface area contributed by atoms with Crippen molar-refractivity contribution in [1.82, 2.24) is 5.32 Å². The van der Waals surface area contributed by atoms with Crippen molar-refractivity contribution in [2.75, 3.05) is 6.54 Å². The van der Waals surface area contributed by atoms with E-state index < -0.39 is 0 Å². The number of benzene rings is 1. The average Bonchev–Trinajstić information content (AvgIpc) is 2.69. The second kappa shape index (κ2) is 5.85. The summed E-state index contributed by atoms with van der Waals surface area (Å²) in [6.07, 6.45) is 0. The van der Waals surface area contributed by atoms with E-state index in [9.17, 15) is 4.39 Å². The maximum atomic E-state index is 13.8. The molecule has 0 saturated carbocycles. The van der Waals surface area contributed by atoms with Crippen molar-refractivity contribution >= 4 is 11.3 Å². The third-order valence-electron chi connectivity index (χ3n) is 3.28. The molecule has 1 N–H and O–H groups in total. The largest absolute Gasteiger partial charge is 0.306 e. The molecule has 0 aliphatic carbocycles.